The lowest BCUT2D eigenvalue weighted by Crippen LogP contribution is -2.23. The summed E-state index contributed by atoms with van der Waals surface area (Å²) in [6, 6.07) is 9.91. The average Bonchev–Trinajstić information content (AvgIpc) is 3.34. The van der Waals surface area contributed by atoms with Crippen molar-refractivity contribution < 1.29 is 9.18 Å². The van der Waals surface area contributed by atoms with Crippen LogP contribution in [0.25, 0.3) is 21.1 Å². The predicted molar refractivity (Wildman–Crippen MR) is 109 cm³/mol. The van der Waals surface area contributed by atoms with Crippen molar-refractivity contribution in [1.82, 2.24) is 20.3 Å². The normalized spacial score (nSPS) is 10.8. The van der Waals surface area contributed by atoms with Gasteiger partial charge < -0.3 is 5.32 Å². The molecule has 3 heterocycles. The summed E-state index contributed by atoms with van der Waals surface area (Å²) < 4.78 is 13.2. The maximum atomic E-state index is 13.2. The third-order valence-electron chi connectivity index (χ3n) is 3.99. The largest absolute Gasteiger partial charge is 0.347 e. The van der Waals surface area contributed by atoms with Crippen LogP contribution in [-0.2, 0) is 6.54 Å². The lowest BCUT2D eigenvalue weighted by Gasteiger charge is -2.03. The molecule has 28 heavy (non-hydrogen) atoms. The van der Waals surface area contributed by atoms with E-state index in [-0.39, 0.29) is 11.7 Å². The summed E-state index contributed by atoms with van der Waals surface area (Å²) in [6.07, 6.45) is 3.37. The number of nitrogens with one attached hydrogen (secondary N) is 1. The number of benzene rings is 1. The molecule has 0 bridgehead atoms. The van der Waals surface area contributed by atoms with Crippen LogP contribution in [0.1, 0.15) is 21.1 Å². The maximum absolute atomic E-state index is 13.2. The van der Waals surface area contributed by atoms with E-state index in [1.54, 1.807) is 29.9 Å². The Morgan fingerprint density at radius 2 is 1.86 bits per heavy atom. The average molecular weight is 410 g/mol. The number of halogens is 1. The number of carbonyl (C=O) groups is 1. The molecule has 0 saturated carbocycles. The maximum Gasteiger partial charge on any atom is 0.271 e. The Kier molecular flexibility index (Phi) is 5.23. The van der Waals surface area contributed by atoms with E-state index in [9.17, 15) is 9.18 Å². The molecular weight excluding hydrogens is 395 g/mol. The molecule has 4 rings (SSSR count). The minimum Gasteiger partial charge on any atom is -0.347 e. The third kappa shape index (κ3) is 3.97. The molecule has 8 heteroatoms. The van der Waals surface area contributed by atoms with Crippen LogP contribution in [0.3, 0.4) is 0 Å². The van der Waals surface area contributed by atoms with E-state index in [0.717, 1.165) is 31.7 Å². The lowest BCUT2D eigenvalue weighted by molar-refractivity contribution is 0.0946. The van der Waals surface area contributed by atoms with Crippen molar-refractivity contribution in [3.8, 4) is 21.1 Å². The summed E-state index contributed by atoms with van der Waals surface area (Å²) in [4.78, 5) is 26.3. The summed E-state index contributed by atoms with van der Waals surface area (Å²) >= 11 is 2.90. The van der Waals surface area contributed by atoms with Gasteiger partial charge in [-0.1, -0.05) is 0 Å². The number of aryl methyl sites for hydroxylation is 1. The van der Waals surface area contributed by atoms with Gasteiger partial charge in [-0.15, -0.1) is 22.7 Å². The van der Waals surface area contributed by atoms with Crippen molar-refractivity contribution in [2.45, 2.75) is 13.5 Å². The number of hydrogen-bond donors (Lipinski definition) is 1. The van der Waals surface area contributed by atoms with Gasteiger partial charge >= 0.3 is 0 Å². The molecule has 0 spiro atoms. The molecule has 0 atom stereocenters. The number of carbonyl (C=O) groups excluding carboxylic acids is 1. The van der Waals surface area contributed by atoms with E-state index in [1.807, 2.05) is 19.1 Å². The summed E-state index contributed by atoms with van der Waals surface area (Å²) in [6.45, 7) is 2.33. The summed E-state index contributed by atoms with van der Waals surface area (Å²) in [5, 5.41) is 6.20. The van der Waals surface area contributed by atoms with Crippen LogP contribution >= 0.6 is 22.7 Å². The van der Waals surface area contributed by atoms with E-state index in [0.29, 0.717) is 12.2 Å². The zero-order chi connectivity index (χ0) is 19.5. The topological polar surface area (TPSA) is 67.8 Å². The molecule has 1 aromatic carbocycles. The molecule has 0 unspecified atom stereocenters. The second-order valence-electron chi connectivity index (χ2n) is 5.99. The first-order valence-electron chi connectivity index (χ1n) is 8.46. The highest BCUT2D eigenvalue weighted by molar-refractivity contribution is 7.21. The Morgan fingerprint density at radius 3 is 2.61 bits per heavy atom. The van der Waals surface area contributed by atoms with Gasteiger partial charge in [-0.25, -0.2) is 14.4 Å². The Bertz CT molecular complexity index is 1110. The van der Waals surface area contributed by atoms with Crippen LogP contribution in [0.4, 0.5) is 4.39 Å². The van der Waals surface area contributed by atoms with Crippen LogP contribution in [0.2, 0.25) is 0 Å². The first kappa shape index (κ1) is 18.4. The lowest BCUT2D eigenvalue weighted by atomic mass is 10.1. The SMILES string of the molecule is Cc1nc(-c2ccc(F)cc2)c(-c2nc(C(=O)NCc3ccncc3)cs2)s1. The molecule has 0 fully saturated rings. The highest BCUT2D eigenvalue weighted by atomic mass is 32.1. The summed E-state index contributed by atoms with van der Waals surface area (Å²) in [5.41, 5.74) is 2.90. The molecule has 4 aromatic rings. The fourth-order valence-corrected chi connectivity index (χ4v) is 4.46. The van der Waals surface area contributed by atoms with Crippen LogP contribution in [0.15, 0.2) is 54.2 Å². The highest BCUT2D eigenvalue weighted by Gasteiger charge is 2.18. The second-order valence-corrected chi connectivity index (χ2v) is 8.05. The molecular formula is C20H15FN4OS2. The van der Waals surface area contributed by atoms with Crippen molar-refractivity contribution in [1.29, 1.82) is 0 Å². The first-order valence-corrected chi connectivity index (χ1v) is 10.2. The van der Waals surface area contributed by atoms with Crippen LogP contribution in [0, 0.1) is 12.7 Å². The van der Waals surface area contributed by atoms with Crippen LogP contribution in [0.5, 0.6) is 0 Å². The smallest absolute Gasteiger partial charge is 0.271 e. The first-order chi connectivity index (χ1) is 13.6. The van der Waals surface area contributed by atoms with Gasteiger partial charge in [0.1, 0.15) is 16.5 Å². The molecule has 140 valence electrons. The number of aromatic nitrogens is 3. The zero-order valence-electron chi connectivity index (χ0n) is 14.8. The van der Waals surface area contributed by atoms with Gasteiger partial charge in [-0.05, 0) is 48.9 Å². The molecule has 0 aliphatic heterocycles. The van der Waals surface area contributed by atoms with Gasteiger partial charge in [0.25, 0.3) is 5.91 Å². The number of nitrogens with zero attached hydrogens (tertiary/aromatic N) is 3. The third-order valence-corrected chi connectivity index (χ3v) is 5.95. The van der Waals surface area contributed by atoms with Gasteiger partial charge in [0.2, 0.25) is 0 Å². The van der Waals surface area contributed by atoms with Gasteiger partial charge in [0.15, 0.2) is 0 Å². The second kappa shape index (κ2) is 7.95. The minimum absolute atomic E-state index is 0.233. The minimum atomic E-state index is -0.292. The summed E-state index contributed by atoms with van der Waals surface area (Å²) in [7, 11) is 0. The Labute approximate surface area is 169 Å². The number of pyridine rings is 1. The van der Waals surface area contributed by atoms with Gasteiger partial charge in [0.05, 0.1) is 15.6 Å². The molecule has 0 radical (unpaired) electrons. The highest BCUT2D eigenvalue weighted by Crippen LogP contribution is 2.38. The van der Waals surface area contributed by atoms with Gasteiger partial charge in [-0.3, -0.25) is 9.78 Å². The van der Waals surface area contributed by atoms with E-state index in [4.69, 9.17) is 0 Å². The zero-order valence-corrected chi connectivity index (χ0v) is 16.5. The van der Waals surface area contributed by atoms with Crippen LogP contribution < -0.4 is 5.32 Å². The number of amides is 1. The monoisotopic (exact) mass is 410 g/mol. The number of thiazole rings is 2. The fraction of sp³-hybridized carbons (Fsp3) is 0.100. The number of rotatable bonds is 5. The van der Waals surface area contributed by atoms with E-state index >= 15 is 0 Å². The van der Waals surface area contributed by atoms with Crippen molar-refractivity contribution in [3.05, 3.63) is 76.3 Å². The van der Waals surface area contributed by atoms with E-state index in [2.05, 4.69) is 20.3 Å². The fourth-order valence-electron chi connectivity index (χ4n) is 2.63. The van der Waals surface area contributed by atoms with Gasteiger partial charge in [0, 0.05) is 29.9 Å². The van der Waals surface area contributed by atoms with Crippen LogP contribution in [-0.4, -0.2) is 20.9 Å². The van der Waals surface area contributed by atoms with E-state index in [1.165, 1.54) is 34.8 Å². The molecule has 1 amide bonds. The molecule has 1 N–H and O–H groups in total. The standard InChI is InChI=1S/C20H15FN4OS2/c1-12-24-17(14-2-4-15(21)5-3-14)18(28-12)20-25-16(11-27-20)19(26)23-10-13-6-8-22-9-7-13/h2-9,11H,10H2,1H3,(H,23,26). The van der Waals surface area contributed by atoms with Crippen molar-refractivity contribution in [2.24, 2.45) is 0 Å². The summed E-state index contributed by atoms with van der Waals surface area (Å²) in [5.74, 6) is -0.525. The quantitative estimate of drug-likeness (QED) is 0.518. The Morgan fingerprint density at radius 1 is 1.11 bits per heavy atom. The van der Waals surface area contributed by atoms with Crippen molar-refractivity contribution >= 4 is 28.6 Å². The molecule has 0 aliphatic carbocycles. The molecule has 0 saturated heterocycles. The molecule has 3 aromatic heterocycles. The van der Waals surface area contributed by atoms with Crippen molar-refractivity contribution in [2.75, 3.05) is 0 Å². The molecule has 5 nitrogen and oxygen atoms in total. The predicted octanol–water partition coefficient (Wildman–Crippen LogP) is 4.71. The van der Waals surface area contributed by atoms with Crippen molar-refractivity contribution in [3.63, 3.8) is 0 Å². The number of hydrogen-bond acceptors (Lipinski definition) is 6. The van der Waals surface area contributed by atoms with Gasteiger partial charge in [-0.2, -0.15) is 0 Å². The van der Waals surface area contributed by atoms with E-state index < -0.39 is 0 Å². The molecule has 0 aliphatic rings. The Hall–Kier alpha value is -2.97. The Balaban J connectivity index is 1.56.